The highest BCUT2D eigenvalue weighted by atomic mass is 79.9. The molecule has 82 valence electrons. The first-order chi connectivity index (χ1) is 6.39. The number of amides is 1. The Kier molecular flexibility index (Phi) is 3.99. The molecule has 0 radical (unpaired) electrons. The van der Waals surface area contributed by atoms with E-state index in [2.05, 4.69) is 21.2 Å². The van der Waals surface area contributed by atoms with Crippen molar-refractivity contribution in [2.75, 3.05) is 0 Å². The molecule has 1 aliphatic rings. The zero-order valence-electron chi connectivity index (χ0n) is 9.27. The average Bonchev–Trinajstić information content (AvgIpc) is 2.07. The third-order valence-corrected chi connectivity index (χ3v) is 3.59. The highest BCUT2D eigenvalue weighted by Gasteiger charge is 2.26. The zero-order valence-corrected chi connectivity index (χ0v) is 10.9. The van der Waals surface area contributed by atoms with Crippen molar-refractivity contribution in [3.8, 4) is 0 Å². The normalized spacial score (nSPS) is 28.6. The van der Waals surface area contributed by atoms with Gasteiger partial charge in [0.25, 0.3) is 0 Å². The van der Waals surface area contributed by atoms with Gasteiger partial charge in [-0.1, -0.05) is 36.7 Å². The van der Waals surface area contributed by atoms with Crippen molar-refractivity contribution < 1.29 is 4.79 Å². The lowest BCUT2D eigenvalue weighted by Crippen LogP contribution is -2.43. The Morgan fingerprint density at radius 3 is 2.14 bits per heavy atom. The average molecular weight is 262 g/mol. The van der Waals surface area contributed by atoms with Crippen LogP contribution in [0.4, 0.5) is 0 Å². The quantitative estimate of drug-likeness (QED) is 0.723. The summed E-state index contributed by atoms with van der Waals surface area (Å²) in [5, 5.41) is 3.12. The Hall–Kier alpha value is -0.0500. The third-order valence-electron chi connectivity index (χ3n) is 2.67. The molecule has 0 aliphatic heterocycles. The highest BCUT2D eigenvalue weighted by molar-refractivity contribution is 9.09. The van der Waals surface area contributed by atoms with Crippen LogP contribution in [0.2, 0.25) is 0 Å². The maximum absolute atomic E-state index is 11.7. The van der Waals surface area contributed by atoms with Gasteiger partial charge in [0, 0.05) is 16.3 Å². The van der Waals surface area contributed by atoms with Gasteiger partial charge in [-0.05, 0) is 25.7 Å². The summed E-state index contributed by atoms with van der Waals surface area (Å²) < 4.78 is 0. The van der Waals surface area contributed by atoms with Crippen molar-refractivity contribution >= 4 is 21.8 Å². The van der Waals surface area contributed by atoms with E-state index in [1.54, 1.807) is 0 Å². The van der Waals surface area contributed by atoms with Crippen molar-refractivity contribution in [1.82, 2.24) is 5.32 Å². The maximum Gasteiger partial charge on any atom is 0.225 e. The second-order valence-corrected chi connectivity index (χ2v) is 6.47. The Bertz CT molecular complexity index is 202. The number of nitrogens with one attached hydrogen (secondary N) is 1. The summed E-state index contributed by atoms with van der Waals surface area (Å²) in [7, 11) is 0. The molecule has 1 rings (SSSR count). The molecule has 0 saturated heterocycles. The van der Waals surface area contributed by atoms with E-state index in [4.69, 9.17) is 0 Å². The smallest absolute Gasteiger partial charge is 0.225 e. The lowest BCUT2D eigenvalue weighted by Gasteiger charge is -2.29. The van der Waals surface area contributed by atoms with E-state index in [-0.39, 0.29) is 11.3 Å². The maximum atomic E-state index is 11.7. The van der Waals surface area contributed by atoms with Gasteiger partial charge in [-0.3, -0.25) is 4.79 Å². The van der Waals surface area contributed by atoms with Gasteiger partial charge in [0.1, 0.15) is 0 Å². The molecule has 1 N–H and O–H groups in total. The van der Waals surface area contributed by atoms with E-state index in [9.17, 15) is 4.79 Å². The monoisotopic (exact) mass is 261 g/mol. The molecular weight excluding hydrogens is 242 g/mol. The summed E-state index contributed by atoms with van der Waals surface area (Å²) in [6.45, 7) is 5.87. The van der Waals surface area contributed by atoms with Crippen LogP contribution >= 0.6 is 15.9 Å². The number of hydrogen-bond acceptors (Lipinski definition) is 1. The van der Waals surface area contributed by atoms with Crippen LogP contribution < -0.4 is 5.32 Å². The molecule has 0 spiro atoms. The number of carbonyl (C=O) groups is 1. The van der Waals surface area contributed by atoms with Gasteiger partial charge in [-0.2, -0.15) is 0 Å². The Morgan fingerprint density at radius 2 is 1.71 bits per heavy atom. The molecule has 1 amide bonds. The van der Waals surface area contributed by atoms with Gasteiger partial charge in [-0.25, -0.2) is 0 Å². The number of rotatable bonds is 1. The highest BCUT2D eigenvalue weighted by Crippen LogP contribution is 2.25. The molecule has 0 bridgehead atoms. The fraction of sp³-hybridized carbons (Fsp3) is 0.909. The number of hydrogen-bond donors (Lipinski definition) is 1. The van der Waals surface area contributed by atoms with Gasteiger partial charge in [-0.15, -0.1) is 0 Å². The predicted molar refractivity (Wildman–Crippen MR) is 62.6 cm³/mol. The van der Waals surface area contributed by atoms with Gasteiger partial charge >= 0.3 is 0 Å². The van der Waals surface area contributed by atoms with Crippen LogP contribution in [0.5, 0.6) is 0 Å². The first-order valence-corrected chi connectivity index (χ1v) is 6.26. The summed E-state index contributed by atoms with van der Waals surface area (Å²) in [5.74, 6) is 0.176. The van der Waals surface area contributed by atoms with Crippen molar-refractivity contribution in [2.24, 2.45) is 5.41 Å². The Balaban J connectivity index is 2.35. The molecule has 2 nitrogen and oxygen atoms in total. The number of carbonyl (C=O) groups excluding carboxylic acids is 1. The van der Waals surface area contributed by atoms with Crippen molar-refractivity contribution in [3.05, 3.63) is 0 Å². The van der Waals surface area contributed by atoms with Gasteiger partial charge in [0.2, 0.25) is 5.91 Å². The third kappa shape index (κ3) is 3.60. The molecular formula is C11H20BrNO. The lowest BCUT2D eigenvalue weighted by molar-refractivity contribution is -0.129. The van der Waals surface area contributed by atoms with Crippen LogP contribution in [0.15, 0.2) is 0 Å². The van der Waals surface area contributed by atoms with Gasteiger partial charge < -0.3 is 5.32 Å². The van der Waals surface area contributed by atoms with E-state index < -0.39 is 0 Å². The minimum Gasteiger partial charge on any atom is -0.353 e. The van der Waals surface area contributed by atoms with E-state index in [1.165, 1.54) is 12.8 Å². The van der Waals surface area contributed by atoms with Crippen molar-refractivity contribution in [2.45, 2.75) is 57.3 Å². The van der Waals surface area contributed by atoms with E-state index in [0.29, 0.717) is 10.9 Å². The van der Waals surface area contributed by atoms with Crippen molar-refractivity contribution in [3.63, 3.8) is 0 Å². The van der Waals surface area contributed by atoms with Crippen LogP contribution in [-0.4, -0.2) is 16.8 Å². The fourth-order valence-electron chi connectivity index (χ4n) is 1.60. The molecule has 0 atom stereocenters. The molecule has 1 saturated carbocycles. The molecule has 14 heavy (non-hydrogen) atoms. The topological polar surface area (TPSA) is 29.1 Å². The van der Waals surface area contributed by atoms with Gasteiger partial charge in [0.05, 0.1) is 0 Å². The molecule has 0 aromatic rings. The Morgan fingerprint density at radius 1 is 1.21 bits per heavy atom. The van der Waals surface area contributed by atoms with Crippen LogP contribution in [0.3, 0.4) is 0 Å². The van der Waals surface area contributed by atoms with Crippen LogP contribution in [-0.2, 0) is 4.79 Å². The largest absolute Gasteiger partial charge is 0.353 e. The van der Waals surface area contributed by atoms with E-state index >= 15 is 0 Å². The van der Waals surface area contributed by atoms with Crippen molar-refractivity contribution in [1.29, 1.82) is 0 Å². The Labute approximate surface area is 95.0 Å². The first kappa shape index (κ1) is 12.0. The minimum atomic E-state index is -0.259. The van der Waals surface area contributed by atoms with Crippen LogP contribution in [0, 0.1) is 5.41 Å². The summed E-state index contributed by atoms with van der Waals surface area (Å²) in [4.78, 5) is 12.3. The molecule has 0 aromatic carbocycles. The minimum absolute atomic E-state index is 0.176. The first-order valence-electron chi connectivity index (χ1n) is 5.34. The molecule has 1 aliphatic carbocycles. The second kappa shape index (κ2) is 4.65. The SMILES string of the molecule is CC(C)(C)C(=O)NC1CCC(Br)CC1. The summed E-state index contributed by atoms with van der Waals surface area (Å²) in [6, 6.07) is 0.399. The second-order valence-electron chi connectivity index (χ2n) is 5.17. The molecule has 1 fully saturated rings. The van der Waals surface area contributed by atoms with E-state index in [1.807, 2.05) is 20.8 Å². The molecule has 0 heterocycles. The van der Waals surface area contributed by atoms with Gasteiger partial charge in [0.15, 0.2) is 0 Å². The summed E-state index contributed by atoms with van der Waals surface area (Å²) in [5.41, 5.74) is -0.259. The van der Waals surface area contributed by atoms with Crippen LogP contribution in [0.1, 0.15) is 46.5 Å². The molecule has 0 aromatic heterocycles. The lowest BCUT2D eigenvalue weighted by atomic mass is 9.91. The summed E-state index contributed by atoms with van der Waals surface area (Å²) >= 11 is 3.61. The van der Waals surface area contributed by atoms with E-state index in [0.717, 1.165) is 12.8 Å². The molecule has 0 unspecified atom stereocenters. The molecule has 3 heteroatoms. The van der Waals surface area contributed by atoms with Crippen LogP contribution in [0.25, 0.3) is 0 Å². The number of halogens is 1. The number of alkyl halides is 1. The zero-order chi connectivity index (χ0) is 10.8. The summed E-state index contributed by atoms with van der Waals surface area (Å²) in [6.07, 6.45) is 4.57. The fourth-order valence-corrected chi connectivity index (χ4v) is 2.13. The standard InChI is InChI=1S/C11H20BrNO/c1-11(2,3)10(14)13-9-6-4-8(12)5-7-9/h8-9H,4-7H2,1-3H3,(H,13,14). The predicted octanol–water partition coefficient (Wildman–Crippen LogP) is 2.85.